The van der Waals surface area contributed by atoms with E-state index in [-0.39, 0.29) is 16.7 Å². The Morgan fingerprint density at radius 1 is 1.27 bits per heavy atom. The molecule has 0 amide bonds. The van der Waals surface area contributed by atoms with Gasteiger partial charge in [-0.25, -0.2) is 9.78 Å². The van der Waals surface area contributed by atoms with Gasteiger partial charge in [0.15, 0.2) is 17.1 Å². The fraction of sp³-hybridized carbons (Fsp3) is 0.500. The highest BCUT2D eigenvalue weighted by molar-refractivity contribution is 6.02. The van der Waals surface area contributed by atoms with Crippen molar-refractivity contribution >= 4 is 16.7 Å². The summed E-state index contributed by atoms with van der Waals surface area (Å²) < 4.78 is 11.8. The van der Waals surface area contributed by atoms with Crippen molar-refractivity contribution < 1.29 is 54.5 Å². The van der Waals surface area contributed by atoms with E-state index >= 15 is 0 Å². The first-order chi connectivity index (χ1) is 19.3. The number of aliphatic hydroxyl groups is 5. The predicted molar refractivity (Wildman–Crippen MR) is 141 cm³/mol. The second kappa shape index (κ2) is 10.9. The first kappa shape index (κ1) is 29.4. The molecule has 0 fully saturated rings. The van der Waals surface area contributed by atoms with Crippen LogP contribution in [0.1, 0.15) is 25.2 Å². The second-order valence-corrected chi connectivity index (χ2v) is 11.2. The number of hydrogen-bond acceptors (Lipinski definition) is 12. The number of aryl methyl sites for hydroxylation is 1. The number of rotatable bonds is 10. The van der Waals surface area contributed by atoms with Crippen LogP contribution >= 0.6 is 0 Å². The minimum absolute atomic E-state index is 0.162. The molecule has 3 aliphatic heterocycles. The molecule has 3 aliphatic rings. The van der Waals surface area contributed by atoms with Crippen LogP contribution in [0.4, 0.5) is 0 Å². The molecule has 5 rings (SSSR count). The molecule has 2 unspecified atom stereocenters. The molecular formula is C28H34N2O11. The fourth-order valence-electron chi connectivity index (χ4n) is 5.43. The lowest BCUT2D eigenvalue weighted by Crippen LogP contribution is -3.17. The van der Waals surface area contributed by atoms with E-state index in [0.717, 1.165) is 0 Å². The maximum Gasteiger partial charge on any atom is 0.192 e. The van der Waals surface area contributed by atoms with Gasteiger partial charge in [-0.2, -0.15) is 0 Å². The molecule has 1 aromatic carbocycles. The predicted octanol–water partition coefficient (Wildman–Crippen LogP) is -2.63. The van der Waals surface area contributed by atoms with E-state index < -0.39 is 67.3 Å². The van der Waals surface area contributed by atoms with Crippen molar-refractivity contribution in [2.45, 2.75) is 68.9 Å². The number of hydrogen-bond donors (Lipinski definition) is 6. The number of benzene rings is 1. The number of nitrogens with one attached hydrogen (secondary N) is 1. The zero-order chi connectivity index (χ0) is 29.7. The van der Waals surface area contributed by atoms with E-state index in [4.69, 9.17) is 18.9 Å². The highest BCUT2D eigenvalue weighted by atomic mass is 17.2. The van der Waals surface area contributed by atoms with Crippen molar-refractivity contribution in [1.82, 2.24) is 0 Å². The van der Waals surface area contributed by atoms with Gasteiger partial charge in [-0.3, -0.25) is 9.79 Å². The zero-order valence-electron chi connectivity index (χ0n) is 22.8. The molecular weight excluding hydrogens is 540 g/mol. The van der Waals surface area contributed by atoms with Gasteiger partial charge < -0.3 is 44.7 Å². The highest BCUT2D eigenvalue weighted by Gasteiger charge is 2.52. The monoisotopic (exact) mass is 574 g/mol. The van der Waals surface area contributed by atoms with Crippen LogP contribution in [0.2, 0.25) is 0 Å². The lowest BCUT2D eigenvalue weighted by molar-refractivity contribution is -0.920. The summed E-state index contributed by atoms with van der Waals surface area (Å²) in [6.45, 7) is 3.12. The molecule has 13 nitrogen and oxygen atoms in total. The Bertz CT molecular complexity index is 1460. The minimum atomic E-state index is -2.49. The maximum absolute atomic E-state index is 12.6. The number of aliphatic hydroxyl groups excluding tert-OH is 4. The summed E-state index contributed by atoms with van der Waals surface area (Å²) in [4.78, 5) is 27.7. The lowest BCUT2D eigenvalue weighted by Gasteiger charge is -2.41. The summed E-state index contributed by atoms with van der Waals surface area (Å²) in [7, 11) is 0. The van der Waals surface area contributed by atoms with Crippen molar-refractivity contribution in [3.8, 4) is 5.75 Å². The van der Waals surface area contributed by atoms with Gasteiger partial charge >= 0.3 is 0 Å². The zero-order valence-corrected chi connectivity index (χ0v) is 22.8. The largest absolute Gasteiger partial charge is 0.831 e. The van der Waals surface area contributed by atoms with Crippen molar-refractivity contribution in [3.05, 3.63) is 64.0 Å². The first-order valence-corrected chi connectivity index (χ1v) is 13.3. The average molecular weight is 575 g/mol. The Kier molecular flexibility index (Phi) is 7.82. The summed E-state index contributed by atoms with van der Waals surface area (Å²) in [5.74, 6) is 0.568. The number of fused-ring (bicyclic) bond motifs is 3. The van der Waals surface area contributed by atoms with Crippen LogP contribution in [0.25, 0.3) is 11.0 Å². The van der Waals surface area contributed by atoms with Crippen LogP contribution in [-0.2, 0) is 16.2 Å². The molecule has 0 saturated carbocycles. The maximum atomic E-state index is 12.6. The SMILES string of the molecule is Cc1cc(=O)c2cc3c(cc2o1)OC(C)(C)[C@H](OOC[C@H](O)[C@](O)(C[NH+]1C([O-])=CC2=NC=CC21)[C@H](O)[C@H](O)CO)C3. The first-order valence-electron chi connectivity index (χ1n) is 13.3. The average Bonchev–Trinajstić information content (AvgIpc) is 3.48. The van der Waals surface area contributed by atoms with E-state index in [1.807, 2.05) is 0 Å². The van der Waals surface area contributed by atoms with Crippen LogP contribution in [0.15, 0.2) is 56.6 Å². The minimum Gasteiger partial charge on any atom is -0.831 e. The number of quaternary nitrogens is 1. The Morgan fingerprint density at radius 2 is 2.02 bits per heavy atom. The molecule has 4 heterocycles. The third-order valence-electron chi connectivity index (χ3n) is 7.90. The summed E-state index contributed by atoms with van der Waals surface area (Å²) >= 11 is 0. The highest BCUT2D eigenvalue weighted by Crippen LogP contribution is 2.37. The molecule has 222 valence electrons. The van der Waals surface area contributed by atoms with Crippen LogP contribution in [-0.4, -0.2) is 92.7 Å². The van der Waals surface area contributed by atoms with E-state index in [2.05, 4.69) is 4.99 Å². The number of aliphatic imine (C=N–C) groups is 1. The van der Waals surface area contributed by atoms with E-state index in [1.165, 1.54) is 18.3 Å². The van der Waals surface area contributed by atoms with Gasteiger partial charge in [0.2, 0.25) is 0 Å². The third kappa shape index (κ3) is 5.43. The van der Waals surface area contributed by atoms with E-state index in [1.54, 1.807) is 39.0 Å². The van der Waals surface area contributed by atoms with Crippen molar-refractivity contribution in [3.63, 3.8) is 0 Å². The molecule has 0 bridgehead atoms. The van der Waals surface area contributed by atoms with Gasteiger partial charge in [-0.05, 0) is 38.5 Å². The summed E-state index contributed by atoms with van der Waals surface area (Å²) in [6, 6.07) is 4.20. The molecule has 0 spiro atoms. The Morgan fingerprint density at radius 3 is 2.76 bits per heavy atom. The molecule has 0 saturated heterocycles. The van der Waals surface area contributed by atoms with Crippen LogP contribution in [0, 0.1) is 6.92 Å². The molecule has 13 heteroatoms. The summed E-state index contributed by atoms with van der Waals surface area (Å²) in [5.41, 5.74) is -2.07. The summed E-state index contributed by atoms with van der Waals surface area (Å²) in [5, 5.41) is 65.6. The van der Waals surface area contributed by atoms with Crippen molar-refractivity contribution in [2.75, 3.05) is 19.8 Å². The van der Waals surface area contributed by atoms with Gasteiger partial charge in [0.05, 0.1) is 17.9 Å². The normalized spacial score (nSPS) is 26.4. The molecule has 7 atom stereocenters. The topological polar surface area (TPSA) is 199 Å². The molecule has 0 radical (unpaired) electrons. The number of ether oxygens (including phenoxy) is 1. The lowest BCUT2D eigenvalue weighted by atomic mass is 9.86. The smallest absolute Gasteiger partial charge is 0.192 e. The summed E-state index contributed by atoms with van der Waals surface area (Å²) in [6.07, 6.45) is -1.70. The van der Waals surface area contributed by atoms with Gasteiger partial charge in [-0.1, -0.05) is 0 Å². The van der Waals surface area contributed by atoms with Crippen LogP contribution < -0.4 is 20.2 Å². The number of nitrogens with zero attached hydrogens (tertiary/aromatic N) is 1. The van der Waals surface area contributed by atoms with E-state index in [9.17, 15) is 35.4 Å². The van der Waals surface area contributed by atoms with Crippen molar-refractivity contribution in [1.29, 1.82) is 0 Å². The third-order valence-corrected chi connectivity index (χ3v) is 7.90. The molecule has 0 aliphatic carbocycles. The molecule has 1 aromatic heterocycles. The van der Waals surface area contributed by atoms with Crippen LogP contribution in [0.5, 0.6) is 5.75 Å². The molecule has 41 heavy (non-hydrogen) atoms. The van der Waals surface area contributed by atoms with Gasteiger partial charge in [0.25, 0.3) is 0 Å². The van der Waals surface area contributed by atoms with Crippen molar-refractivity contribution in [2.24, 2.45) is 4.99 Å². The molecule has 2 aromatic rings. The fourth-order valence-corrected chi connectivity index (χ4v) is 5.43. The Hall–Kier alpha value is -3.14. The van der Waals surface area contributed by atoms with E-state index in [0.29, 0.717) is 33.8 Å². The van der Waals surface area contributed by atoms with Crippen LogP contribution in [0.3, 0.4) is 0 Å². The van der Waals surface area contributed by atoms with Gasteiger partial charge in [0, 0.05) is 30.8 Å². The molecule has 6 N–H and O–H groups in total. The second-order valence-electron chi connectivity index (χ2n) is 11.2. The Labute approximate surface area is 234 Å². The quantitative estimate of drug-likeness (QED) is 0.128. The van der Waals surface area contributed by atoms with Gasteiger partial charge in [-0.15, -0.1) is 0 Å². The van der Waals surface area contributed by atoms with Gasteiger partial charge in [0.1, 0.15) is 66.0 Å². The standard InChI is InChI=1S/C28H34N2O11/c1-14-6-19(32)16-7-15-8-24(27(2,3)40-21(15)10-22(16)39-14)41-38-12-23(34)28(37,26(36)20(33)11-31)13-30-18-4-5-29-17(18)9-25(30)35/h4-7,9-10,18,20,23-24,26,31,33-37H,8,11-13H2,1-3H3/t18?,20-,23+,24-,26-,28-/m1/s1. The Balaban J connectivity index is 1.30.